The molecule has 136 valence electrons. The molecule has 2 N–H and O–H groups in total. The smallest absolute Gasteiger partial charge is 0.246 e. The van der Waals surface area contributed by atoms with Crippen LogP contribution in [0.3, 0.4) is 0 Å². The van der Waals surface area contributed by atoms with E-state index < -0.39 is 0 Å². The van der Waals surface area contributed by atoms with Gasteiger partial charge in [-0.15, -0.1) is 0 Å². The van der Waals surface area contributed by atoms with Gasteiger partial charge in [0.25, 0.3) is 0 Å². The number of nitrogens with one attached hydrogen (secondary N) is 2. The Bertz CT molecular complexity index is 1100. The van der Waals surface area contributed by atoms with Crippen LogP contribution < -0.4 is 5.32 Å². The molecule has 27 heavy (non-hydrogen) atoms. The molecule has 4 aromatic rings. The highest BCUT2D eigenvalue weighted by molar-refractivity contribution is 6.31. The van der Waals surface area contributed by atoms with E-state index in [0.29, 0.717) is 16.4 Å². The lowest BCUT2D eigenvalue weighted by molar-refractivity contribution is -0.120. The fraction of sp³-hybridized carbons (Fsp3) is 0.105. The Balaban J connectivity index is 1.39. The summed E-state index contributed by atoms with van der Waals surface area (Å²) in [7, 11) is 0. The largest absolute Gasteiger partial charge is 0.361 e. The number of aromatic amines is 1. The number of carbonyl (C=O) groups excluding carboxylic acids is 1. The second kappa shape index (κ2) is 7.20. The third-order valence-electron chi connectivity index (χ3n) is 4.09. The molecule has 0 fully saturated rings. The molecule has 6 nitrogen and oxygen atoms in total. The molecule has 0 aliphatic heterocycles. The molecule has 4 rings (SSSR count). The SMILES string of the molecule is O=C(Cc1c[nH]c2ccc(Cl)cc12)NCc1nc(-c2ccc(F)cc2)no1. The van der Waals surface area contributed by atoms with Gasteiger partial charge >= 0.3 is 0 Å². The molecule has 0 radical (unpaired) electrons. The summed E-state index contributed by atoms with van der Waals surface area (Å²) in [6.45, 7) is 0.107. The minimum Gasteiger partial charge on any atom is -0.361 e. The minimum absolute atomic E-state index is 0.107. The molecule has 2 aromatic carbocycles. The molecule has 0 saturated carbocycles. The van der Waals surface area contributed by atoms with Crippen molar-refractivity contribution in [3.63, 3.8) is 0 Å². The first kappa shape index (κ1) is 17.2. The first-order chi connectivity index (χ1) is 13.1. The highest BCUT2D eigenvalue weighted by atomic mass is 35.5. The van der Waals surface area contributed by atoms with Crippen molar-refractivity contribution in [2.24, 2.45) is 0 Å². The summed E-state index contributed by atoms with van der Waals surface area (Å²) in [4.78, 5) is 19.6. The van der Waals surface area contributed by atoms with Crippen LogP contribution in [0.15, 0.2) is 53.2 Å². The van der Waals surface area contributed by atoms with E-state index in [9.17, 15) is 9.18 Å². The summed E-state index contributed by atoms with van der Waals surface area (Å²) in [6, 6.07) is 11.2. The average Bonchev–Trinajstić information content (AvgIpc) is 3.28. The number of nitrogens with zero attached hydrogens (tertiary/aromatic N) is 2. The monoisotopic (exact) mass is 384 g/mol. The third kappa shape index (κ3) is 3.83. The standard InChI is InChI=1S/C19H14ClFN4O2/c20-13-3-6-16-15(8-13)12(9-22-16)7-17(26)23-10-18-24-19(25-27-18)11-1-4-14(21)5-2-11/h1-6,8-9,22H,7,10H2,(H,23,26). The molecule has 8 heteroatoms. The van der Waals surface area contributed by atoms with Gasteiger partial charge in [-0.05, 0) is 48.0 Å². The predicted octanol–water partition coefficient (Wildman–Crippen LogP) is 3.87. The molecule has 0 unspecified atom stereocenters. The van der Waals surface area contributed by atoms with Crippen molar-refractivity contribution in [2.45, 2.75) is 13.0 Å². The van der Waals surface area contributed by atoms with E-state index in [1.807, 2.05) is 12.1 Å². The van der Waals surface area contributed by atoms with Crippen LogP contribution in [0.25, 0.3) is 22.3 Å². The predicted molar refractivity (Wildman–Crippen MR) is 98.6 cm³/mol. The van der Waals surface area contributed by atoms with Crippen molar-refractivity contribution in [1.29, 1.82) is 0 Å². The molecular formula is C19H14ClFN4O2. The Hall–Kier alpha value is -3.19. The van der Waals surface area contributed by atoms with Crippen LogP contribution in [0.4, 0.5) is 4.39 Å². The Kier molecular flexibility index (Phi) is 4.60. The number of halogens is 2. The number of aromatic nitrogens is 3. The molecule has 1 amide bonds. The highest BCUT2D eigenvalue weighted by Gasteiger charge is 2.12. The van der Waals surface area contributed by atoms with Gasteiger partial charge in [-0.2, -0.15) is 4.98 Å². The Morgan fingerprint density at radius 2 is 2.04 bits per heavy atom. The number of carbonyl (C=O) groups is 1. The first-order valence-corrected chi connectivity index (χ1v) is 8.57. The summed E-state index contributed by atoms with van der Waals surface area (Å²) in [6.07, 6.45) is 1.99. The Labute approximate surface area is 158 Å². The van der Waals surface area contributed by atoms with Gasteiger partial charge in [-0.1, -0.05) is 16.8 Å². The lowest BCUT2D eigenvalue weighted by Crippen LogP contribution is -2.24. The van der Waals surface area contributed by atoms with Gasteiger partial charge in [-0.25, -0.2) is 4.39 Å². The molecule has 0 aliphatic rings. The fourth-order valence-electron chi connectivity index (χ4n) is 2.75. The van der Waals surface area contributed by atoms with Crippen LogP contribution in [-0.4, -0.2) is 21.0 Å². The normalized spacial score (nSPS) is 11.0. The molecule has 0 saturated heterocycles. The number of benzene rings is 2. The number of rotatable bonds is 5. The molecule has 0 atom stereocenters. The van der Waals surface area contributed by atoms with Crippen LogP contribution in [0, 0.1) is 5.82 Å². The maximum Gasteiger partial charge on any atom is 0.246 e. The van der Waals surface area contributed by atoms with Crippen LogP contribution >= 0.6 is 11.6 Å². The zero-order valence-corrected chi connectivity index (χ0v) is 14.8. The van der Waals surface area contributed by atoms with Crippen molar-refractivity contribution < 1.29 is 13.7 Å². The highest BCUT2D eigenvalue weighted by Crippen LogP contribution is 2.22. The second-order valence-corrected chi connectivity index (χ2v) is 6.41. The topological polar surface area (TPSA) is 83.8 Å². The van der Waals surface area contributed by atoms with Crippen LogP contribution in [0.5, 0.6) is 0 Å². The van der Waals surface area contributed by atoms with Crippen molar-refractivity contribution >= 4 is 28.4 Å². The van der Waals surface area contributed by atoms with Crippen molar-refractivity contribution in [3.05, 3.63) is 71.0 Å². The van der Waals surface area contributed by atoms with Crippen LogP contribution in [0.1, 0.15) is 11.5 Å². The van der Waals surface area contributed by atoms with E-state index in [1.165, 1.54) is 12.1 Å². The molecule has 0 bridgehead atoms. The van der Waals surface area contributed by atoms with E-state index >= 15 is 0 Å². The number of fused-ring (bicyclic) bond motifs is 1. The van der Waals surface area contributed by atoms with E-state index in [2.05, 4.69) is 20.4 Å². The summed E-state index contributed by atoms with van der Waals surface area (Å²) >= 11 is 6.02. The van der Waals surface area contributed by atoms with Crippen LogP contribution in [-0.2, 0) is 17.8 Å². The second-order valence-electron chi connectivity index (χ2n) is 5.98. The summed E-state index contributed by atoms with van der Waals surface area (Å²) < 4.78 is 18.1. The Morgan fingerprint density at radius 3 is 2.85 bits per heavy atom. The van der Waals surface area contributed by atoms with Crippen molar-refractivity contribution in [2.75, 3.05) is 0 Å². The molecular weight excluding hydrogens is 371 g/mol. The summed E-state index contributed by atoms with van der Waals surface area (Å²) in [5.41, 5.74) is 2.40. The van der Waals surface area contributed by atoms with Crippen molar-refractivity contribution in [3.8, 4) is 11.4 Å². The van der Waals surface area contributed by atoms with Gasteiger partial charge in [0.05, 0.1) is 13.0 Å². The van der Waals surface area contributed by atoms with E-state index in [-0.39, 0.29) is 30.6 Å². The van der Waals surface area contributed by atoms with E-state index in [4.69, 9.17) is 16.1 Å². The van der Waals surface area contributed by atoms with Gasteiger partial charge in [-0.3, -0.25) is 4.79 Å². The van der Waals surface area contributed by atoms with Gasteiger partial charge in [0, 0.05) is 27.7 Å². The molecule has 0 aliphatic carbocycles. The lowest BCUT2D eigenvalue weighted by Gasteiger charge is -2.02. The summed E-state index contributed by atoms with van der Waals surface area (Å²) in [5.74, 6) is 0.0841. The number of H-pyrrole nitrogens is 1. The average molecular weight is 385 g/mol. The van der Waals surface area contributed by atoms with Gasteiger partial charge < -0.3 is 14.8 Å². The number of hydrogen-bond acceptors (Lipinski definition) is 4. The number of hydrogen-bond donors (Lipinski definition) is 2. The maximum atomic E-state index is 13.0. The first-order valence-electron chi connectivity index (χ1n) is 8.19. The third-order valence-corrected chi connectivity index (χ3v) is 4.32. The van der Waals surface area contributed by atoms with Gasteiger partial charge in [0.2, 0.25) is 17.6 Å². The lowest BCUT2D eigenvalue weighted by atomic mass is 10.1. The zero-order chi connectivity index (χ0) is 18.8. The fourth-order valence-corrected chi connectivity index (χ4v) is 2.92. The van der Waals surface area contributed by atoms with Gasteiger partial charge in [0.15, 0.2) is 0 Å². The molecule has 2 aromatic heterocycles. The number of amides is 1. The molecule has 0 spiro atoms. The maximum absolute atomic E-state index is 13.0. The van der Waals surface area contributed by atoms with Crippen LogP contribution in [0.2, 0.25) is 5.02 Å². The van der Waals surface area contributed by atoms with E-state index in [0.717, 1.165) is 16.5 Å². The Morgan fingerprint density at radius 1 is 1.22 bits per heavy atom. The quantitative estimate of drug-likeness (QED) is 0.547. The molecule has 2 heterocycles. The van der Waals surface area contributed by atoms with Gasteiger partial charge in [0.1, 0.15) is 5.82 Å². The minimum atomic E-state index is -0.340. The van der Waals surface area contributed by atoms with E-state index in [1.54, 1.807) is 24.4 Å². The summed E-state index contributed by atoms with van der Waals surface area (Å²) in [5, 5.41) is 8.11. The van der Waals surface area contributed by atoms with Crippen molar-refractivity contribution in [1.82, 2.24) is 20.4 Å². The zero-order valence-electron chi connectivity index (χ0n) is 14.0.